The fraction of sp³-hybridized carbons (Fsp3) is 0.463. The molecule has 0 radical (unpaired) electrons. The smallest absolute Gasteiger partial charge is 0.416 e. The summed E-state index contributed by atoms with van der Waals surface area (Å²) in [6.07, 6.45) is 2.07. The normalized spacial score (nSPS) is 25.6. The van der Waals surface area contributed by atoms with Gasteiger partial charge in [0.1, 0.15) is 34.8 Å². The maximum absolute atomic E-state index is 14.6. The molecule has 2 aliphatic heterocycles. The van der Waals surface area contributed by atoms with Crippen LogP contribution in [0, 0.1) is 5.92 Å². The first-order chi connectivity index (χ1) is 28.5. The molecule has 3 fully saturated rings. The lowest BCUT2D eigenvalue weighted by Gasteiger charge is -2.30. The molecule has 4 aliphatic rings. The first-order valence-corrected chi connectivity index (χ1v) is 21.5. The number of amides is 5. The summed E-state index contributed by atoms with van der Waals surface area (Å²) in [5.41, 5.74) is -1.31. The van der Waals surface area contributed by atoms with E-state index in [1.54, 1.807) is 24.3 Å². The van der Waals surface area contributed by atoms with Gasteiger partial charge >= 0.3 is 12.2 Å². The molecule has 15 nitrogen and oxygen atoms in total. The molecule has 8 rings (SSSR count). The average Bonchev–Trinajstić information content (AvgIpc) is 4.11. The maximum atomic E-state index is 14.6. The summed E-state index contributed by atoms with van der Waals surface area (Å²) in [5.74, 6) is -2.69. The van der Waals surface area contributed by atoms with Crippen LogP contribution in [0.15, 0.2) is 65.1 Å². The van der Waals surface area contributed by atoms with Crippen LogP contribution in [0.3, 0.4) is 0 Å². The maximum Gasteiger partial charge on any atom is 0.416 e. The molecule has 3 N–H and O–H groups in total. The molecule has 2 saturated carbocycles. The quantitative estimate of drug-likeness (QED) is 0.212. The molecule has 2 aliphatic carbocycles. The van der Waals surface area contributed by atoms with Gasteiger partial charge in [0.15, 0.2) is 5.82 Å². The van der Waals surface area contributed by atoms with Gasteiger partial charge in [0.05, 0.1) is 17.4 Å². The van der Waals surface area contributed by atoms with Crippen molar-refractivity contribution in [1.82, 2.24) is 35.1 Å². The second kappa shape index (κ2) is 15.7. The zero-order valence-corrected chi connectivity index (χ0v) is 33.6. The van der Waals surface area contributed by atoms with Crippen LogP contribution in [-0.2, 0) is 30.6 Å². The number of furan rings is 1. The number of fused-ring (bicyclic) bond motifs is 5. The second-order valence-electron chi connectivity index (χ2n) is 16.1. The van der Waals surface area contributed by atoms with Gasteiger partial charge in [0, 0.05) is 37.4 Å². The monoisotopic (exact) mass is 851 g/mol. The third kappa shape index (κ3) is 8.23. The minimum absolute atomic E-state index is 0.0350. The number of alkyl halides is 3. The van der Waals surface area contributed by atoms with Crippen LogP contribution in [0.25, 0.3) is 33.5 Å². The van der Waals surface area contributed by atoms with Crippen molar-refractivity contribution in [2.45, 2.75) is 92.9 Å². The number of benzene rings is 2. The van der Waals surface area contributed by atoms with Gasteiger partial charge < -0.3 is 29.6 Å². The molecule has 2 aromatic heterocycles. The molecule has 1 saturated heterocycles. The highest BCUT2D eigenvalue weighted by atomic mass is 32.2. The van der Waals surface area contributed by atoms with Crippen LogP contribution in [0.4, 0.5) is 18.0 Å². The Morgan fingerprint density at radius 2 is 1.77 bits per heavy atom. The molecule has 0 spiro atoms. The Balaban J connectivity index is 1.15. The molecule has 5 amide bonds. The molecule has 318 valence electrons. The van der Waals surface area contributed by atoms with E-state index >= 15 is 0 Å². The summed E-state index contributed by atoms with van der Waals surface area (Å²) >= 11 is 0. The van der Waals surface area contributed by atoms with E-state index < -0.39 is 80.4 Å². The van der Waals surface area contributed by atoms with Crippen LogP contribution >= 0.6 is 0 Å². The highest BCUT2D eigenvalue weighted by Gasteiger charge is 2.62. The number of allylic oxidation sites excluding steroid dienone is 1. The van der Waals surface area contributed by atoms with E-state index in [2.05, 4.69) is 25.3 Å². The number of aromatic nitrogens is 2. The molecular formula is C41H44F3N7O8S. The van der Waals surface area contributed by atoms with Gasteiger partial charge in [-0.25, -0.2) is 18.2 Å². The lowest BCUT2D eigenvalue weighted by molar-refractivity contribution is -0.141. The number of nitrogens with zero attached hydrogens (tertiary/aromatic N) is 4. The zero-order valence-electron chi connectivity index (χ0n) is 32.8. The number of rotatable bonds is 7. The molecule has 60 heavy (non-hydrogen) atoms. The molecule has 4 aromatic rings. The SMILES string of the molecule is CN(C)C(=O)N[C@H]1CCCCC/C=C\[C@H]2C[C@@]2(C(=O)NS(=O)(=O)C2CC2)NC(=O)[C@@H]2C[C@@H](Oc3nc(-c4ccc(C(F)(F)F)cc4)nc4c3oc3ccccc34)CN2C1=O. The van der Waals surface area contributed by atoms with Crippen molar-refractivity contribution in [2.75, 3.05) is 20.6 Å². The van der Waals surface area contributed by atoms with Gasteiger partial charge in [-0.3, -0.25) is 19.1 Å². The minimum Gasteiger partial charge on any atom is -0.470 e. The zero-order chi connectivity index (χ0) is 42.6. The summed E-state index contributed by atoms with van der Waals surface area (Å²) in [7, 11) is -0.889. The summed E-state index contributed by atoms with van der Waals surface area (Å²) in [4.78, 5) is 67.6. The van der Waals surface area contributed by atoms with Crippen LogP contribution in [0.5, 0.6) is 5.88 Å². The van der Waals surface area contributed by atoms with Gasteiger partial charge in [-0.2, -0.15) is 18.2 Å². The lowest BCUT2D eigenvalue weighted by atomic mass is 10.0. The number of carbonyl (C=O) groups excluding carboxylic acids is 4. The van der Waals surface area contributed by atoms with Crippen molar-refractivity contribution >= 4 is 55.8 Å². The minimum atomic E-state index is -4.56. The van der Waals surface area contributed by atoms with Gasteiger partial charge in [-0.05, 0) is 62.8 Å². The number of ether oxygens (including phenoxy) is 1. The third-order valence-electron chi connectivity index (χ3n) is 11.5. The van der Waals surface area contributed by atoms with E-state index in [-0.39, 0.29) is 48.7 Å². The summed E-state index contributed by atoms with van der Waals surface area (Å²) in [5, 5.41) is 5.52. The number of halogens is 3. The molecule has 19 heteroatoms. The third-order valence-corrected chi connectivity index (χ3v) is 13.3. The van der Waals surface area contributed by atoms with Crippen molar-refractivity contribution < 1.29 is 49.9 Å². The van der Waals surface area contributed by atoms with Crippen molar-refractivity contribution in [1.29, 1.82) is 0 Å². The number of para-hydroxylation sites is 1. The highest BCUT2D eigenvalue weighted by molar-refractivity contribution is 7.91. The Labute approximate surface area is 343 Å². The molecule has 4 heterocycles. The van der Waals surface area contributed by atoms with Crippen LogP contribution < -0.4 is 20.1 Å². The highest BCUT2D eigenvalue weighted by Crippen LogP contribution is 2.46. The average molecular weight is 852 g/mol. The predicted molar refractivity (Wildman–Crippen MR) is 212 cm³/mol. The molecule has 5 atom stereocenters. The van der Waals surface area contributed by atoms with Crippen LogP contribution in [0.1, 0.15) is 63.4 Å². The number of nitrogens with one attached hydrogen (secondary N) is 3. The Morgan fingerprint density at radius 3 is 2.48 bits per heavy atom. The molecule has 0 bridgehead atoms. The van der Waals surface area contributed by atoms with E-state index in [1.807, 2.05) is 12.2 Å². The van der Waals surface area contributed by atoms with Crippen molar-refractivity contribution in [3.63, 3.8) is 0 Å². The fourth-order valence-corrected chi connectivity index (χ4v) is 9.23. The fourth-order valence-electron chi connectivity index (χ4n) is 7.87. The van der Waals surface area contributed by atoms with E-state index in [9.17, 15) is 40.8 Å². The predicted octanol–water partition coefficient (Wildman–Crippen LogP) is 5.05. The van der Waals surface area contributed by atoms with Gasteiger partial charge in [0.25, 0.3) is 11.8 Å². The Bertz CT molecular complexity index is 2490. The topological polar surface area (TPSA) is 193 Å². The lowest BCUT2D eigenvalue weighted by Crippen LogP contribution is -2.58. The van der Waals surface area contributed by atoms with Gasteiger partial charge in [-0.1, -0.05) is 49.3 Å². The van der Waals surface area contributed by atoms with Gasteiger partial charge in [0.2, 0.25) is 27.4 Å². The number of carbonyl (C=O) groups is 4. The van der Waals surface area contributed by atoms with E-state index in [0.717, 1.165) is 25.0 Å². The largest absolute Gasteiger partial charge is 0.470 e. The first kappa shape index (κ1) is 41.0. The van der Waals surface area contributed by atoms with Crippen molar-refractivity contribution in [2.24, 2.45) is 5.92 Å². The van der Waals surface area contributed by atoms with E-state index in [1.165, 1.54) is 36.0 Å². The van der Waals surface area contributed by atoms with E-state index in [0.29, 0.717) is 42.2 Å². The molecule has 0 unspecified atom stereocenters. The summed E-state index contributed by atoms with van der Waals surface area (Å²) < 4.78 is 80.9. The summed E-state index contributed by atoms with van der Waals surface area (Å²) in [6, 6.07) is 8.53. The summed E-state index contributed by atoms with van der Waals surface area (Å²) in [6.45, 7) is -0.175. The molecular weight excluding hydrogens is 808 g/mol. The van der Waals surface area contributed by atoms with Crippen molar-refractivity contribution in [3.8, 4) is 17.3 Å². The first-order valence-electron chi connectivity index (χ1n) is 19.9. The van der Waals surface area contributed by atoms with Crippen LogP contribution in [-0.4, -0.2) is 102 Å². The number of hydrogen-bond acceptors (Lipinski definition) is 10. The van der Waals surface area contributed by atoms with Crippen molar-refractivity contribution in [3.05, 3.63) is 66.2 Å². The number of sulfonamides is 1. The number of hydrogen-bond donors (Lipinski definition) is 3. The Morgan fingerprint density at radius 1 is 1.02 bits per heavy atom. The van der Waals surface area contributed by atoms with Crippen LogP contribution in [0.2, 0.25) is 0 Å². The number of urea groups is 1. The second-order valence-corrected chi connectivity index (χ2v) is 18.1. The van der Waals surface area contributed by atoms with Gasteiger partial charge in [-0.15, -0.1) is 0 Å². The van der Waals surface area contributed by atoms with E-state index in [4.69, 9.17) is 9.15 Å². The Hall–Kier alpha value is -5.72. The Kier molecular flexibility index (Phi) is 10.7. The standard InChI is InChI=1S/C41H44F3N7O8S/c1-50(2)39(55)45-29-12-7-5-3-4-6-10-25-21-40(25,38(54)49-60(56,57)27-18-19-27)48-35(52)30-20-26(22-51(30)37(29)53)58-36-33-32(28-11-8-9-13-31(28)59-33)46-34(47-36)23-14-16-24(17-15-23)41(42,43)44/h6,8-11,13-17,25-27,29-30H,3-5,7,12,18-22H2,1-2H3,(H,45,55)(H,48,52)(H,49,54)/b10-6-/t25-,26+,29-,30-,40+/m0/s1. The molecule has 2 aromatic carbocycles.